The predicted molar refractivity (Wildman–Crippen MR) is 73.6 cm³/mol. The lowest BCUT2D eigenvalue weighted by molar-refractivity contribution is -0.123. The maximum absolute atomic E-state index is 12.2. The van der Waals surface area contributed by atoms with Gasteiger partial charge in [-0.15, -0.1) is 0 Å². The Kier molecular flexibility index (Phi) is 3.81. The van der Waals surface area contributed by atoms with Gasteiger partial charge in [0, 0.05) is 12.5 Å². The van der Waals surface area contributed by atoms with E-state index < -0.39 is 0 Å². The standard InChI is InChI=1S/C15H26N2O2/c18-12-3-1-2-11(8-12)10-17-14(19)13-9-15(13)4-6-16-7-5-15/h11-13,16,18H,1-10H2,(H,17,19). The Hall–Kier alpha value is -0.610. The molecule has 4 heteroatoms. The molecule has 3 unspecified atom stereocenters. The van der Waals surface area contributed by atoms with Crippen LogP contribution in [0, 0.1) is 17.3 Å². The van der Waals surface area contributed by atoms with Gasteiger partial charge in [-0.25, -0.2) is 0 Å². The quantitative estimate of drug-likeness (QED) is 0.715. The van der Waals surface area contributed by atoms with Crippen molar-refractivity contribution in [3.8, 4) is 0 Å². The first-order valence-electron chi connectivity index (χ1n) is 7.86. The summed E-state index contributed by atoms with van der Waals surface area (Å²) in [5.74, 6) is 1.01. The highest BCUT2D eigenvalue weighted by atomic mass is 16.3. The number of hydrogen-bond acceptors (Lipinski definition) is 3. The summed E-state index contributed by atoms with van der Waals surface area (Å²) in [5, 5.41) is 16.2. The van der Waals surface area contributed by atoms with E-state index in [9.17, 15) is 9.90 Å². The zero-order valence-electron chi connectivity index (χ0n) is 11.7. The minimum absolute atomic E-state index is 0.146. The SMILES string of the molecule is O=C(NCC1CCCC(O)C1)C1CC12CCNCC2. The summed E-state index contributed by atoms with van der Waals surface area (Å²) in [6, 6.07) is 0. The Morgan fingerprint density at radius 2 is 2.11 bits per heavy atom. The fourth-order valence-electron chi connectivity index (χ4n) is 4.01. The lowest BCUT2D eigenvalue weighted by atomic mass is 9.87. The third kappa shape index (κ3) is 2.95. The Balaban J connectivity index is 1.42. The van der Waals surface area contributed by atoms with Crippen molar-refractivity contribution in [2.75, 3.05) is 19.6 Å². The smallest absolute Gasteiger partial charge is 0.223 e. The molecular formula is C15H26N2O2. The summed E-state index contributed by atoms with van der Waals surface area (Å²) in [5.41, 5.74) is 0.335. The van der Waals surface area contributed by atoms with Crippen LogP contribution in [0.1, 0.15) is 44.9 Å². The third-order valence-corrected chi connectivity index (χ3v) is 5.43. The highest BCUT2D eigenvalue weighted by Gasteiger charge is 2.57. The molecule has 1 spiro atoms. The molecule has 3 N–H and O–H groups in total. The predicted octanol–water partition coefficient (Wildman–Crippen LogP) is 1.04. The Labute approximate surface area is 115 Å². The molecule has 0 aromatic rings. The molecule has 108 valence electrons. The minimum Gasteiger partial charge on any atom is -0.393 e. The van der Waals surface area contributed by atoms with Crippen molar-refractivity contribution >= 4 is 5.91 Å². The van der Waals surface area contributed by atoms with E-state index >= 15 is 0 Å². The van der Waals surface area contributed by atoms with Gasteiger partial charge in [-0.2, -0.15) is 0 Å². The van der Waals surface area contributed by atoms with Crippen LogP contribution < -0.4 is 10.6 Å². The van der Waals surface area contributed by atoms with Crippen molar-refractivity contribution in [3.63, 3.8) is 0 Å². The van der Waals surface area contributed by atoms with Gasteiger partial charge in [0.1, 0.15) is 0 Å². The second-order valence-electron chi connectivity index (χ2n) is 6.80. The van der Waals surface area contributed by atoms with Gasteiger partial charge in [0.15, 0.2) is 0 Å². The molecule has 1 saturated heterocycles. The number of amides is 1. The molecule has 0 bridgehead atoms. The van der Waals surface area contributed by atoms with Crippen LogP contribution in [0.15, 0.2) is 0 Å². The number of aliphatic hydroxyl groups is 1. The van der Waals surface area contributed by atoms with Crippen molar-refractivity contribution in [1.29, 1.82) is 0 Å². The summed E-state index contributed by atoms with van der Waals surface area (Å²) in [4.78, 5) is 12.2. The lowest BCUT2D eigenvalue weighted by Gasteiger charge is -2.26. The molecule has 2 saturated carbocycles. The van der Waals surface area contributed by atoms with Crippen molar-refractivity contribution < 1.29 is 9.90 Å². The number of rotatable bonds is 3. The molecule has 0 aromatic carbocycles. The molecule has 1 aliphatic heterocycles. The van der Waals surface area contributed by atoms with E-state index in [1.54, 1.807) is 0 Å². The second-order valence-corrected chi connectivity index (χ2v) is 6.80. The molecule has 0 radical (unpaired) electrons. The molecule has 3 aliphatic rings. The lowest BCUT2D eigenvalue weighted by Crippen LogP contribution is -2.36. The van der Waals surface area contributed by atoms with Gasteiger partial charge in [-0.3, -0.25) is 4.79 Å². The maximum Gasteiger partial charge on any atom is 0.223 e. The van der Waals surface area contributed by atoms with Crippen LogP contribution >= 0.6 is 0 Å². The summed E-state index contributed by atoms with van der Waals surface area (Å²) in [6.07, 6.45) is 7.31. The average molecular weight is 266 g/mol. The number of piperidine rings is 1. The normalized spacial score (nSPS) is 37.0. The molecule has 0 aromatic heterocycles. The number of nitrogens with one attached hydrogen (secondary N) is 2. The number of aliphatic hydroxyl groups excluding tert-OH is 1. The van der Waals surface area contributed by atoms with Crippen molar-refractivity contribution in [2.45, 2.75) is 51.0 Å². The molecule has 1 heterocycles. The monoisotopic (exact) mass is 266 g/mol. The fourth-order valence-corrected chi connectivity index (χ4v) is 4.01. The van der Waals surface area contributed by atoms with Crippen LogP contribution in [0.3, 0.4) is 0 Å². The van der Waals surface area contributed by atoms with Crippen LogP contribution in [0.25, 0.3) is 0 Å². The maximum atomic E-state index is 12.2. The van der Waals surface area contributed by atoms with Gasteiger partial charge < -0.3 is 15.7 Å². The molecule has 1 amide bonds. The van der Waals surface area contributed by atoms with Gasteiger partial charge in [-0.1, -0.05) is 6.42 Å². The number of carbonyl (C=O) groups excluding carboxylic acids is 1. The van der Waals surface area contributed by atoms with E-state index in [1.165, 1.54) is 0 Å². The molecule has 3 fully saturated rings. The molecular weight excluding hydrogens is 240 g/mol. The largest absolute Gasteiger partial charge is 0.393 e. The Morgan fingerprint density at radius 1 is 1.32 bits per heavy atom. The first kappa shape index (κ1) is 13.4. The zero-order chi connectivity index (χ0) is 13.3. The van der Waals surface area contributed by atoms with Gasteiger partial charge in [-0.05, 0) is 62.9 Å². The number of carbonyl (C=O) groups is 1. The molecule has 4 nitrogen and oxygen atoms in total. The van der Waals surface area contributed by atoms with Crippen LogP contribution in [-0.2, 0) is 4.79 Å². The van der Waals surface area contributed by atoms with E-state index in [-0.39, 0.29) is 17.9 Å². The number of hydrogen-bond donors (Lipinski definition) is 3. The highest BCUT2D eigenvalue weighted by molar-refractivity contribution is 5.82. The molecule has 3 atom stereocenters. The summed E-state index contributed by atoms with van der Waals surface area (Å²) in [7, 11) is 0. The molecule has 2 aliphatic carbocycles. The van der Waals surface area contributed by atoms with Crippen molar-refractivity contribution in [3.05, 3.63) is 0 Å². The first-order valence-corrected chi connectivity index (χ1v) is 7.86. The average Bonchev–Trinajstić information content (AvgIpc) is 3.10. The fraction of sp³-hybridized carbons (Fsp3) is 0.933. The van der Waals surface area contributed by atoms with E-state index in [0.717, 1.165) is 64.6 Å². The summed E-state index contributed by atoms with van der Waals surface area (Å²) in [6.45, 7) is 2.90. The summed E-state index contributed by atoms with van der Waals surface area (Å²) < 4.78 is 0. The molecule has 3 rings (SSSR count). The zero-order valence-corrected chi connectivity index (χ0v) is 11.7. The van der Waals surface area contributed by atoms with Crippen molar-refractivity contribution in [1.82, 2.24) is 10.6 Å². The molecule has 19 heavy (non-hydrogen) atoms. The van der Waals surface area contributed by atoms with Crippen LogP contribution in [0.4, 0.5) is 0 Å². The minimum atomic E-state index is -0.146. The van der Waals surface area contributed by atoms with Crippen LogP contribution in [0.2, 0.25) is 0 Å². The van der Waals surface area contributed by atoms with E-state index in [4.69, 9.17) is 0 Å². The Bertz CT molecular complexity index is 339. The van der Waals surface area contributed by atoms with E-state index in [2.05, 4.69) is 10.6 Å². The first-order chi connectivity index (χ1) is 9.20. The van der Waals surface area contributed by atoms with Gasteiger partial charge >= 0.3 is 0 Å². The highest BCUT2D eigenvalue weighted by Crippen LogP contribution is 2.58. The van der Waals surface area contributed by atoms with E-state index in [1.807, 2.05) is 0 Å². The van der Waals surface area contributed by atoms with Crippen LogP contribution in [0.5, 0.6) is 0 Å². The van der Waals surface area contributed by atoms with E-state index in [0.29, 0.717) is 11.3 Å². The van der Waals surface area contributed by atoms with Gasteiger partial charge in [0.2, 0.25) is 5.91 Å². The summed E-state index contributed by atoms with van der Waals surface area (Å²) >= 11 is 0. The third-order valence-electron chi connectivity index (χ3n) is 5.43. The van der Waals surface area contributed by atoms with Gasteiger partial charge in [0.25, 0.3) is 0 Å². The second kappa shape index (κ2) is 5.41. The van der Waals surface area contributed by atoms with Crippen molar-refractivity contribution in [2.24, 2.45) is 17.3 Å². The topological polar surface area (TPSA) is 61.4 Å². The Morgan fingerprint density at radius 3 is 2.84 bits per heavy atom. The van der Waals surface area contributed by atoms with Gasteiger partial charge in [0.05, 0.1) is 6.10 Å². The van der Waals surface area contributed by atoms with Crippen LogP contribution in [-0.4, -0.2) is 36.8 Å².